The molecule has 234 valence electrons. The zero-order valence-corrected chi connectivity index (χ0v) is 27.1. The third-order valence-electron chi connectivity index (χ3n) is 7.96. The van der Waals surface area contributed by atoms with Gasteiger partial charge in [0.2, 0.25) is 0 Å². The predicted octanol–water partition coefficient (Wildman–Crippen LogP) is 5.97. The highest BCUT2D eigenvalue weighted by Gasteiger charge is 2.32. The number of nitrogens with zero attached hydrogens (tertiary/aromatic N) is 2. The average molecular weight is 635 g/mol. The summed E-state index contributed by atoms with van der Waals surface area (Å²) in [4.78, 5) is 32.2. The monoisotopic (exact) mass is 634 g/mol. The zero-order valence-electron chi connectivity index (χ0n) is 26.3. The van der Waals surface area contributed by atoms with Crippen LogP contribution >= 0.6 is 11.3 Å². The van der Waals surface area contributed by atoms with Crippen LogP contribution in [0.1, 0.15) is 43.5 Å². The largest absolute Gasteiger partial charge is 0.497 e. The number of aromatic nitrogens is 1. The zero-order chi connectivity index (χ0) is 32.4. The Bertz CT molecular complexity index is 2170. The van der Waals surface area contributed by atoms with Crippen LogP contribution in [0.4, 0.5) is 0 Å². The molecule has 0 aliphatic carbocycles. The Morgan fingerprint density at radius 3 is 2.50 bits per heavy atom. The Morgan fingerprint density at radius 1 is 0.935 bits per heavy atom. The first-order chi connectivity index (χ1) is 22.3. The highest BCUT2D eigenvalue weighted by atomic mass is 32.1. The number of ketones is 1. The number of benzene rings is 4. The van der Waals surface area contributed by atoms with Gasteiger partial charge in [-0.3, -0.25) is 14.2 Å². The molecule has 1 atom stereocenters. The summed E-state index contributed by atoms with van der Waals surface area (Å²) in [6.07, 6.45) is 1.82. The third kappa shape index (κ3) is 5.81. The van der Waals surface area contributed by atoms with Gasteiger partial charge in [-0.1, -0.05) is 59.9 Å². The smallest absolute Gasteiger partial charge is 0.271 e. The molecule has 46 heavy (non-hydrogen) atoms. The van der Waals surface area contributed by atoms with Crippen molar-refractivity contribution in [1.29, 1.82) is 0 Å². The fraction of sp³-hybridized carbons (Fsp3) is 0.216. The highest BCUT2D eigenvalue weighted by Crippen LogP contribution is 2.37. The van der Waals surface area contributed by atoms with E-state index < -0.39 is 6.04 Å². The third-order valence-corrected chi connectivity index (χ3v) is 8.95. The summed E-state index contributed by atoms with van der Waals surface area (Å²) in [6, 6.07) is 24.7. The Morgan fingerprint density at radius 2 is 1.74 bits per heavy atom. The minimum atomic E-state index is -0.708. The predicted molar refractivity (Wildman–Crippen MR) is 180 cm³/mol. The molecule has 8 nitrogen and oxygen atoms in total. The second-order valence-electron chi connectivity index (χ2n) is 10.8. The Balaban J connectivity index is 1.39. The molecule has 9 heteroatoms. The lowest BCUT2D eigenvalue weighted by atomic mass is 9.92. The van der Waals surface area contributed by atoms with E-state index in [1.807, 2.05) is 55.5 Å². The van der Waals surface area contributed by atoms with Crippen molar-refractivity contribution in [2.45, 2.75) is 33.4 Å². The SMILES string of the molecule is CCOc1cc(/C=c2\sc3n(c2=O)C(c2ccc(OC)cc2OC)C(C(C)=O)=C(C)N=3)ccc1OCc1cccc2ccccc12. The molecule has 0 bridgehead atoms. The van der Waals surface area contributed by atoms with E-state index in [1.165, 1.54) is 18.3 Å². The first-order valence-electron chi connectivity index (χ1n) is 14.9. The molecular weight excluding hydrogens is 600 g/mol. The molecule has 0 spiro atoms. The van der Waals surface area contributed by atoms with Crippen LogP contribution in [-0.4, -0.2) is 31.2 Å². The number of ether oxygens (including phenoxy) is 4. The highest BCUT2D eigenvalue weighted by molar-refractivity contribution is 7.07. The fourth-order valence-electron chi connectivity index (χ4n) is 5.84. The maximum atomic E-state index is 14.1. The minimum Gasteiger partial charge on any atom is -0.497 e. The van der Waals surface area contributed by atoms with E-state index in [-0.39, 0.29) is 11.3 Å². The molecule has 0 fully saturated rings. The van der Waals surface area contributed by atoms with Crippen LogP contribution in [0.5, 0.6) is 23.0 Å². The van der Waals surface area contributed by atoms with Crippen molar-refractivity contribution in [3.63, 3.8) is 0 Å². The second kappa shape index (κ2) is 13.1. The van der Waals surface area contributed by atoms with Crippen molar-refractivity contribution in [2.75, 3.05) is 20.8 Å². The fourth-order valence-corrected chi connectivity index (χ4v) is 6.88. The van der Waals surface area contributed by atoms with Gasteiger partial charge in [-0.15, -0.1) is 0 Å². The van der Waals surface area contributed by atoms with Gasteiger partial charge in [0.1, 0.15) is 18.1 Å². The Kier molecular flexibility index (Phi) is 8.76. The van der Waals surface area contributed by atoms with E-state index >= 15 is 0 Å². The molecule has 1 aliphatic heterocycles. The molecular formula is C37H34N2O6S. The summed E-state index contributed by atoms with van der Waals surface area (Å²) in [7, 11) is 3.13. The number of carbonyl (C=O) groups excluding carboxylic acids is 1. The molecule has 0 radical (unpaired) electrons. The van der Waals surface area contributed by atoms with E-state index in [1.54, 1.807) is 37.8 Å². The Labute approximate surface area is 270 Å². The van der Waals surface area contributed by atoms with Crippen molar-refractivity contribution in [2.24, 2.45) is 4.99 Å². The van der Waals surface area contributed by atoms with Crippen LogP contribution in [0.3, 0.4) is 0 Å². The van der Waals surface area contributed by atoms with Crippen LogP contribution in [0.15, 0.2) is 99.9 Å². The molecule has 0 saturated heterocycles. The summed E-state index contributed by atoms with van der Waals surface area (Å²) in [5, 5.41) is 2.30. The minimum absolute atomic E-state index is 0.168. The molecule has 1 aliphatic rings. The molecule has 2 heterocycles. The van der Waals surface area contributed by atoms with Gasteiger partial charge in [-0.05, 0) is 73.0 Å². The number of fused-ring (bicyclic) bond motifs is 2. The summed E-state index contributed by atoms with van der Waals surface area (Å²) in [5.41, 5.74) is 3.26. The molecule has 0 N–H and O–H groups in total. The normalized spacial score (nSPS) is 14.5. The number of allylic oxidation sites excluding steroid dienone is 2. The van der Waals surface area contributed by atoms with Crippen LogP contribution in [0.25, 0.3) is 16.8 Å². The summed E-state index contributed by atoms with van der Waals surface area (Å²) < 4.78 is 25.3. The van der Waals surface area contributed by atoms with Gasteiger partial charge in [-0.2, -0.15) is 0 Å². The number of carbonyl (C=O) groups is 1. The number of hydrogen-bond acceptors (Lipinski definition) is 8. The Hall–Kier alpha value is -5.15. The summed E-state index contributed by atoms with van der Waals surface area (Å²) >= 11 is 1.27. The number of methoxy groups -OCH3 is 2. The van der Waals surface area contributed by atoms with Crippen molar-refractivity contribution >= 4 is 34.0 Å². The van der Waals surface area contributed by atoms with Gasteiger partial charge < -0.3 is 18.9 Å². The maximum Gasteiger partial charge on any atom is 0.271 e. The molecule has 1 aromatic heterocycles. The van der Waals surface area contributed by atoms with E-state index in [4.69, 9.17) is 18.9 Å². The van der Waals surface area contributed by atoms with Crippen LogP contribution in [0, 0.1) is 0 Å². The van der Waals surface area contributed by atoms with Gasteiger partial charge >= 0.3 is 0 Å². The van der Waals surface area contributed by atoms with E-state index in [9.17, 15) is 9.59 Å². The van der Waals surface area contributed by atoms with Gasteiger partial charge in [0.15, 0.2) is 22.1 Å². The van der Waals surface area contributed by atoms with Crippen molar-refractivity contribution < 1.29 is 23.7 Å². The first-order valence-corrected chi connectivity index (χ1v) is 15.8. The topological polar surface area (TPSA) is 88.3 Å². The maximum absolute atomic E-state index is 14.1. The summed E-state index contributed by atoms with van der Waals surface area (Å²) in [5.74, 6) is 2.14. The second-order valence-corrected chi connectivity index (χ2v) is 11.8. The molecule has 6 rings (SSSR count). The average Bonchev–Trinajstić information content (AvgIpc) is 3.36. The number of rotatable bonds is 10. The number of Topliss-reactive ketones (excluding diaryl/α,β-unsaturated/α-hetero) is 1. The lowest BCUT2D eigenvalue weighted by Gasteiger charge is -2.26. The molecule has 0 saturated carbocycles. The first kappa shape index (κ1) is 30.9. The van der Waals surface area contributed by atoms with Crippen molar-refractivity contribution in [3.05, 3.63) is 127 Å². The van der Waals surface area contributed by atoms with Crippen molar-refractivity contribution in [3.8, 4) is 23.0 Å². The van der Waals surface area contributed by atoms with Crippen LogP contribution < -0.4 is 33.8 Å². The summed E-state index contributed by atoms with van der Waals surface area (Å²) in [6.45, 7) is 6.04. The standard InChI is InChI=1S/C37H34N2O6S/c1-6-44-32-18-24(14-17-30(32)45-21-26-12-9-11-25-10-7-8-13-28(25)26)19-33-36(41)39-35(29-16-15-27(42-4)20-31(29)43-5)34(23(3)40)22(2)38-37(39)46-33/h7-20,35H,6,21H2,1-5H3/b33-19-. The van der Waals surface area contributed by atoms with Gasteiger partial charge in [-0.25, -0.2) is 4.99 Å². The lowest BCUT2D eigenvalue weighted by molar-refractivity contribution is -0.114. The molecule has 4 aromatic carbocycles. The van der Waals surface area contributed by atoms with E-state index in [2.05, 4.69) is 29.3 Å². The van der Waals surface area contributed by atoms with E-state index in [0.717, 1.165) is 21.9 Å². The molecule has 0 amide bonds. The van der Waals surface area contributed by atoms with Gasteiger partial charge in [0.05, 0.1) is 31.4 Å². The van der Waals surface area contributed by atoms with Crippen LogP contribution in [0.2, 0.25) is 0 Å². The van der Waals surface area contributed by atoms with E-state index in [0.29, 0.717) is 62.4 Å². The van der Waals surface area contributed by atoms with Crippen molar-refractivity contribution in [1.82, 2.24) is 4.57 Å². The quantitative estimate of drug-likeness (QED) is 0.188. The lowest BCUT2D eigenvalue weighted by Crippen LogP contribution is -2.39. The molecule has 1 unspecified atom stereocenters. The number of hydrogen-bond donors (Lipinski definition) is 0. The van der Waals surface area contributed by atoms with Gasteiger partial charge in [0.25, 0.3) is 5.56 Å². The molecule has 5 aromatic rings. The number of thiazole rings is 1. The van der Waals surface area contributed by atoms with Gasteiger partial charge in [0, 0.05) is 22.9 Å². The van der Waals surface area contributed by atoms with Crippen LogP contribution in [-0.2, 0) is 11.4 Å².